The van der Waals surface area contributed by atoms with Crippen molar-refractivity contribution in [2.24, 2.45) is 11.8 Å². The quantitative estimate of drug-likeness (QED) is 0.777. The molecule has 1 aliphatic carbocycles. The largest absolute Gasteiger partial charge is 0.309 e. The van der Waals surface area contributed by atoms with E-state index in [4.69, 9.17) is 0 Å². The summed E-state index contributed by atoms with van der Waals surface area (Å²) >= 11 is 0. The molecular formula is C18H30N2. The highest BCUT2D eigenvalue weighted by atomic mass is 15.2. The maximum absolute atomic E-state index is 3.71. The Morgan fingerprint density at radius 2 is 1.85 bits per heavy atom. The van der Waals surface area contributed by atoms with Crippen molar-refractivity contribution in [3.63, 3.8) is 0 Å². The topological polar surface area (TPSA) is 15.3 Å². The standard InChI is InChI=1S/C18H30N2/c1-5-19-17(16-9-7-6-8-10-16)18(14(2)3)20(4)13-15-11-12-15/h6-10,14-15,17-19H,5,11-13H2,1-4H3. The van der Waals surface area contributed by atoms with E-state index >= 15 is 0 Å². The van der Waals surface area contributed by atoms with Crippen molar-refractivity contribution in [1.82, 2.24) is 10.2 Å². The molecule has 1 aliphatic rings. The lowest BCUT2D eigenvalue weighted by atomic mass is 9.89. The van der Waals surface area contributed by atoms with Crippen molar-refractivity contribution in [2.75, 3.05) is 20.1 Å². The normalized spacial score (nSPS) is 18.5. The maximum Gasteiger partial charge on any atom is 0.0480 e. The van der Waals surface area contributed by atoms with Crippen LogP contribution in [-0.4, -0.2) is 31.1 Å². The molecule has 2 rings (SSSR count). The van der Waals surface area contributed by atoms with Gasteiger partial charge in [0.15, 0.2) is 0 Å². The third kappa shape index (κ3) is 4.07. The molecule has 0 aromatic heterocycles. The Morgan fingerprint density at radius 1 is 1.20 bits per heavy atom. The average Bonchev–Trinajstić information content (AvgIpc) is 3.22. The van der Waals surface area contributed by atoms with Gasteiger partial charge in [0.1, 0.15) is 0 Å². The van der Waals surface area contributed by atoms with Crippen molar-refractivity contribution < 1.29 is 0 Å². The fourth-order valence-corrected chi connectivity index (χ4v) is 3.29. The highest BCUT2D eigenvalue weighted by molar-refractivity contribution is 5.21. The van der Waals surface area contributed by atoms with Crippen LogP contribution in [0.4, 0.5) is 0 Å². The lowest BCUT2D eigenvalue weighted by Gasteiger charge is -2.38. The highest BCUT2D eigenvalue weighted by Gasteiger charge is 2.32. The van der Waals surface area contributed by atoms with Crippen molar-refractivity contribution in [2.45, 2.75) is 45.7 Å². The minimum absolute atomic E-state index is 0.421. The van der Waals surface area contributed by atoms with Crippen LogP contribution in [0.3, 0.4) is 0 Å². The molecule has 1 fully saturated rings. The van der Waals surface area contributed by atoms with E-state index in [1.54, 1.807) is 0 Å². The van der Waals surface area contributed by atoms with Crippen LogP contribution in [0.5, 0.6) is 0 Å². The first-order chi connectivity index (χ1) is 9.63. The fourth-order valence-electron chi connectivity index (χ4n) is 3.29. The first-order valence-corrected chi connectivity index (χ1v) is 8.12. The van der Waals surface area contributed by atoms with Gasteiger partial charge in [0, 0.05) is 18.6 Å². The van der Waals surface area contributed by atoms with Gasteiger partial charge in [-0.1, -0.05) is 51.1 Å². The van der Waals surface area contributed by atoms with Crippen LogP contribution < -0.4 is 5.32 Å². The van der Waals surface area contributed by atoms with Crippen LogP contribution in [0.25, 0.3) is 0 Å². The predicted molar refractivity (Wildman–Crippen MR) is 86.8 cm³/mol. The second kappa shape index (κ2) is 7.24. The summed E-state index contributed by atoms with van der Waals surface area (Å²) in [4.78, 5) is 2.59. The Morgan fingerprint density at radius 3 is 2.35 bits per heavy atom. The van der Waals surface area contributed by atoms with Gasteiger partial charge in [0.2, 0.25) is 0 Å². The van der Waals surface area contributed by atoms with Crippen molar-refractivity contribution in [3.8, 4) is 0 Å². The van der Waals surface area contributed by atoms with Gasteiger partial charge < -0.3 is 10.2 Å². The number of nitrogens with zero attached hydrogens (tertiary/aromatic N) is 1. The van der Waals surface area contributed by atoms with Crippen LogP contribution in [-0.2, 0) is 0 Å². The lowest BCUT2D eigenvalue weighted by Crippen LogP contribution is -2.46. The van der Waals surface area contributed by atoms with E-state index in [0.29, 0.717) is 18.0 Å². The average molecular weight is 274 g/mol. The van der Waals surface area contributed by atoms with Gasteiger partial charge in [0.05, 0.1) is 0 Å². The molecule has 2 nitrogen and oxygen atoms in total. The number of rotatable bonds is 8. The first-order valence-electron chi connectivity index (χ1n) is 8.12. The van der Waals surface area contributed by atoms with Crippen molar-refractivity contribution in [3.05, 3.63) is 35.9 Å². The van der Waals surface area contributed by atoms with Gasteiger partial charge in [0.25, 0.3) is 0 Å². The summed E-state index contributed by atoms with van der Waals surface area (Å²) in [5.74, 6) is 1.59. The number of likely N-dealkylation sites (N-methyl/N-ethyl adjacent to an activating group) is 2. The molecule has 0 radical (unpaired) electrons. The molecule has 0 saturated heterocycles. The van der Waals surface area contributed by atoms with Crippen LogP contribution >= 0.6 is 0 Å². The van der Waals surface area contributed by atoms with Gasteiger partial charge >= 0.3 is 0 Å². The summed E-state index contributed by atoms with van der Waals surface area (Å²) < 4.78 is 0. The number of benzene rings is 1. The fraction of sp³-hybridized carbons (Fsp3) is 0.667. The lowest BCUT2D eigenvalue weighted by molar-refractivity contribution is 0.141. The zero-order chi connectivity index (χ0) is 14.5. The Hall–Kier alpha value is -0.860. The molecule has 20 heavy (non-hydrogen) atoms. The molecule has 0 aliphatic heterocycles. The summed E-state index contributed by atoms with van der Waals surface area (Å²) in [5, 5.41) is 3.71. The van der Waals surface area contributed by atoms with Gasteiger partial charge in [-0.25, -0.2) is 0 Å². The summed E-state index contributed by atoms with van der Waals surface area (Å²) in [6.45, 7) is 9.16. The number of nitrogens with one attached hydrogen (secondary N) is 1. The van der Waals surface area contributed by atoms with E-state index in [0.717, 1.165) is 12.5 Å². The smallest absolute Gasteiger partial charge is 0.0480 e. The minimum Gasteiger partial charge on any atom is -0.309 e. The van der Waals surface area contributed by atoms with E-state index in [2.05, 4.69) is 68.4 Å². The third-order valence-corrected chi connectivity index (χ3v) is 4.36. The molecule has 1 saturated carbocycles. The maximum atomic E-state index is 3.71. The summed E-state index contributed by atoms with van der Waals surface area (Å²) in [6.07, 6.45) is 2.85. The van der Waals surface area contributed by atoms with E-state index < -0.39 is 0 Å². The van der Waals surface area contributed by atoms with Crippen molar-refractivity contribution in [1.29, 1.82) is 0 Å². The molecule has 0 heterocycles. The highest BCUT2D eigenvalue weighted by Crippen LogP contribution is 2.33. The van der Waals surface area contributed by atoms with Gasteiger partial charge in [-0.15, -0.1) is 0 Å². The Labute approximate surface area is 124 Å². The Bertz CT molecular complexity index is 384. The molecule has 2 unspecified atom stereocenters. The monoisotopic (exact) mass is 274 g/mol. The molecule has 0 spiro atoms. The summed E-state index contributed by atoms with van der Waals surface area (Å²) in [5.41, 5.74) is 1.41. The van der Waals surface area contributed by atoms with E-state index in [-0.39, 0.29) is 0 Å². The Kier molecular flexibility index (Phi) is 5.62. The van der Waals surface area contributed by atoms with E-state index in [1.807, 2.05) is 0 Å². The molecule has 1 aromatic rings. The molecule has 1 N–H and O–H groups in total. The van der Waals surface area contributed by atoms with E-state index in [9.17, 15) is 0 Å². The molecule has 2 heteroatoms. The molecule has 112 valence electrons. The SMILES string of the molecule is CCNC(c1ccccc1)C(C(C)C)N(C)CC1CC1. The van der Waals surface area contributed by atoms with Crippen LogP contribution in [0.2, 0.25) is 0 Å². The second-order valence-electron chi connectivity index (χ2n) is 6.56. The zero-order valence-electron chi connectivity index (χ0n) is 13.5. The molecule has 0 bridgehead atoms. The second-order valence-corrected chi connectivity index (χ2v) is 6.56. The predicted octanol–water partition coefficient (Wildman–Crippen LogP) is 3.70. The third-order valence-electron chi connectivity index (χ3n) is 4.36. The molecule has 2 atom stereocenters. The molecule has 0 amide bonds. The number of hydrogen-bond acceptors (Lipinski definition) is 2. The molecule has 1 aromatic carbocycles. The Balaban J connectivity index is 2.17. The molecular weight excluding hydrogens is 244 g/mol. The minimum atomic E-state index is 0.421. The van der Waals surface area contributed by atoms with Gasteiger partial charge in [-0.05, 0) is 43.8 Å². The van der Waals surface area contributed by atoms with E-state index in [1.165, 1.54) is 24.9 Å². The van der Waals surface area contributed by atoms with Crippen LogP contribution in [0.15, 0.2) is 30.3 Å². The van der Waals surface area contributed by atoms with Crippen LogP contribution in [0.1, 0.15) is 45.2 Å². The van der Waals surface area contributed by atoms with Gasteiger partial charge in [-0.3, -0.25) is 0 Å². The number of hydrogen-bond donors (Lipinski definition) is 1. The zero-order valence-corrected chi connectivity index (χ0v) is 13.5. The van der Waals surface area contributed by atoms with Crippen LogP contribution in [0, 0.1) is 11.8 Å². The first kappa shape index (κ1) is 15.5. The van der Waals surface area contributed by atoms with Gasteiger partial charge in [-0.2, -0.15) is 0 Å². The summed E-state index contributed by atoms with van der Waals surface area (Å²) in [7, 11) is 2.30. The van der Waals surface area contributed by atoms with Crippen molar-refractivity contribution >= 4 is 0 Å². The summed E-state index contributed by atoms with van der Waals surface area (Å²) in [6, 6.07) is 11.9.